The zero-order chi connectivity index (χ0) is 18.4. The van der Waals surface area contributed by atoms with Crippen molar-refractivity contribution >= 4 is 52.5 Å². The molecule has 0 radical (unpaired) electrons. The topological polar surface area (TPSA) is 55.4 Å². The molecule has 0 saturated carbocycles. The number of alkyl halides is 2. The van der Waals surface area contributed by atoms with Gasteiger partial charge in [-0.2, -0.15) is 0 Å². The highest BCUT2D eigenvalue weighted by atomic mass is 35.5. The van der Waals surface area contributed by atoms with E-state index in [1.807, 2.05) is 30.3 Å². The van der Waals surface area contributed by atoms with Gasteiger partial charge in [-0.15, -0.1) is 11.8 Å². The first-order valence-corrected chi connectivity index (χ1v) is 9.14. The van der Waals surface area contributed by atoms with E-state index in [2.05, 4.69) is 5.32 Å². The van der Waals surface area contributed by atoms with Crippen molar-refractivity contribution in [3.05, 3.63) is 59.7 Å². The van der Waals surface area contributed by atoms with Crippen molar-refractivity contribution in [1.29, 1.82) is 0 Å². The van der Waals surface area contributed by atoms with E-state index in [0.29, 0.717) is 17.0 Å². The predicted molar refractivity (Wildman–Crippen MR) is 103 cm³/mol. The maximum absolute atomic E-state index is 12.0. The summed E-state index contributed by atoms with van der Waals surface area (Å²) in [7, 11) is 1.35. The van der Waals surface area contributed by atoms with E-state index in [9.17, 15) is 9.59 Å². The summed E-state index contributed by atoms with van der Waals surface area (Å²) >= 11 is 13.2. The number of nitrogens with one attached hydrogen (secondary N) is 1. The van der Waals surface area contributed by atoms with Gasteiger partial charge in [0.2, 0.25) is 0 Å². The molecule has 0 aliphatic heterocycles. The van der Waals surface area contributed by atoms with Crippen LogP contribution < -0.4 is 5.32 Å². The summed E-state index contributed by atoms with van der Waals surface area (Å²) in [5.41, 5.74) is 2.10. The molecule has 0 atom stereocenters. The molecule has 1 N–H and O–H groups in total. The van der Waals surface area contributed by atoms with Crippen molar-refractivity contribution in [2.75, 3.05) is 12.4 Å². The first-order valence-electron chi connectivity index (χ1n) is 7.39. The Hall–Kier alpha value is -1.69. The Bertz CT molecular complexity index is 775. The molecule has 0 aliphatic carbocycles. The number of hydrogen-bond acceptors (Lipinski definition) is 4. The molecule has 7 heteroatoms. The Morgan fingerprint density at radius 1 is 1.16 bits per heavy atom. The number of halogens is 2. The number of rotatable bonds is 6. The van der Waals surface area contributed by atoms with Gasteiger partial charge in [0.25, 0.3) is 5.91 Å². The molecule has 132 valence electrons. The fourth-order valence-electron chi connectivity index (χ4n) is 1.99. The third-order valence-corrected chi connectivity index (χ3v) is 4.76. The van der Waals surface area contributed by atoms with E-state index in [1.165, 1.54) is 25.8 Å². The molecule has 0 bridgehead atoms. The summed E-state index contributed by atoms with van der Waals surface area (Å²) in [5, 5.41) is 2.73. The van der Waals surface area contributed by atoms with Crippen LogP contribution in [0.25, 0.3) is 0 Å². The minimum Gasteiger partial charge on any atom is -0.465 e. The fourth-order valence-corrected chi connectivity index (χ4v) is 3.04. The van der Waals surface area contributed by atoms with Crippen LogP contribution in [-0.4, -0.2) is 23.3 Å². The lowest BCUT2D eigenvalue weighted by Crippen LogP contribution is -2.29. The summed E-state index contributed by atoms with van der Waals surface area (Å²) < 4.78 is 3.22. The number of anilines is 1. The number of benzene rings is 2. The highest BCUT2D eigenvalue weighted by Gasteiger charge is 2.27. The van der Waals surface area contributed by atoms with Crippen molar-refractivity contribution in [3.63, 3.8) is 0 Å². The van der Waals surface area contributed by atoms with E-state index >= 15 is 0 Å². The van der Waals surface area contributed by atoms with Gasteiger partial charge >= 0.3 is 5.97 Å². The Morgan fingerprint density at radius 3 is 2.56 bits per heavy atom. The standard InChI is InChI=1S/C18H17Cl2NO3S/c1-18(19,20)17(23)21-14-8-3-4-9-15(14)25-11-12-6-5-7-13(10-12)16(22)24-2/h3-10H,11H2,1-2H3,(H,21,23). The summed E-state index contributed by atoms with van der Waals surface area (Å²) in [5.74, 6) is -0.240. The average molecular weight is 398 g/mol. The van der Waals surface area contributed by atoms with Gasteiger partial charge in [0.15, 0.2) is 4.33 Å². The van der Waals surface area contributed by atoms with E-state index in [4.69, 9.17) is 27.9 Å². The first-order chi connectivity index (χ1) is 11.8. The molecule has 0 unspecified atom stereocenters. The average Bonchev–Trinajstić information content (AvgIpc) is 2.59. The van der Waals surface area contributed by atoms with Crippen LogP contribution >= 0.6 is 35.0 Å². The molecule has 0 spiro atoms. The Balaban J connectivity index is 2.11. The number of thioether (sulfide) groups is 1. The van der Waals surface area contributed by atoms with Crippen molar-refractivity contribution in [2.24, 2.45) is 0 Å². The molecule has 0 heterocycles. The zero-order valence-electron chi connectivity index (χ0n) is 13.7. The van der Waals surface area contributed by atoms with Crippen molar-refractivity contribution in [1.82, 2.24) is 0 Å². The number of carbonyl (C=O) groups excluding carboxylic acids is 2. The van der Waals surface area contributed by atoms with Gasteiger partial charge in [-0.1, -0.05) is 47.5 Å². The smallest absolute Gasteiger partial charge is 0.337 e. The van der Waals surface area contributed by atoms with E-state index < -0.39 is 10.2 Å². The van der Waals surface area contributed by atoms with Crippen LogP contribution in [0.1, 0.15) is 22.8 Å². The van der Waals surface area contributed by atoms with Crippen molar-refractivity contribution in [2.45, 2.75) is 21.9 Å². The van der Waals surface area contributed by atoms with Gasteiger partial charge in [-0.3, -0.25) is 4.79 Å². The minimum absolute atomic E-state index is 0.372. The zero-order valence-corrected chi connectivity index (χ0v) is 16.0. The molecule has 2 rings (SSSR count). The molecule has 1 amide bonds. The SMILES string of the molecule is COC(=O)c1cccc(CSc2ccccc2NC(=O)C(C)(Cl)Cl)c1. The van der Waals surface area contributed by atoms with Crippen LogP contribution in [0.4, 0.5) is 5.69 Å². The van der Waals surface area contributed by atoms with E-state index in [1.54, 1.807) is 18.2 Å². The molecule has 25 heavy (non-hydrogen) atoms. The maximum atomic E-state index is 12.0. The van der Waals surface area contributed by atoms with Crippen LogP contribution in [0.5, 0.6) is 0 Å². The van der Waals surface area contributed by atoms with Crippen LogP contribution in [0.3, 0.4) is 0 Å². The third-order valence-electron chi connectivity index (χ3n) is 3.28. The van der Waals surface area contributed by atoms with Crippen molar-refractivity contribution < 1.29 is 14.3 Å². The van der Waals surface area contributed by atoms with Crippen molar-refractivity contribution in [3.8, 4) is 0 Å². The second-order valence-electron chi connectivity index (χ2n) is 5.32. The normalized spacial score (nSPS) is 11.0. The van der Waals surface area contributed by atoms with Crippen LogP contribution in [-0.2, 0) is 15.3 Å². The van der Waals surface area contributed by atoms with Gasteiger partial charge in [0, 0.05) is 10.6 Å². The maximum Gasteiger partial charge on any atom is 0.337 e. The second kappa shape index (κ2) is 8.61. The number of carbonyl (C=O) groups is 2. The summed E-state index contributed by atoms with van der Waals surface area (Å²) in [6.07, 6.45) is 0. The molecule has 0 aliphatic rings. The largest absolute Gasteiger partial charge is 0.465 e. The fraction of sp³-hybridized carbons (Fsp3) is 0.222. The van der Waals surface area contributed by atoms with Gasteiger partial charge in [-0.25, -0.2) is 4.79 Å². The Kier molecular flexibility index (Phi) is 6.76. The number of hydrogen-bond donors (Lipinski definition) is 1. The minimum atomic E-state index is -1.51. The molecule has 0 aromatic heterocycles. The third kappa shape index (κ3) is 5.66. The van der Waals surface area contributed by atoms with Gasteiger partial charge < -0.3 is 10.1 Å². The number of amides is 1. The monoisotopic (exact) mass is 397 g/mol. The number of para-hydroxylation sites is 1. The number of esters is 1. The van der Waals surface area contributed by atoms with Gasteiger partial charge in [0.05, 0.1) is 18.4 Å². The number of ether oxygens (including phenoxy) is 1. The Morgan fingerprint density at radius 2 is 1.88 bits per heavy atom. The van der Waals surface area contributed by atoms with Crippen LogP contribution in [0.2, 0.25) is 0 Å². The first kappa shape index (κ1) is 19.6. The number of methoxy groups -OCH3 is 1. The molecule has 0 saturated heterocycles. The second-order valence-corrected chi connectivity index (χ2v) is 8.04. The lowest BCUT2D eigenvalue weighted by Gasteiger charge is -2.15. The molecule has 4 nitrogen and oxygen atoms in total. The lowest BCUT2D eigenvalue weighted by molar-refractivity contribution is -0.116. The molecule has 2 aromatic rings. The summed E-state index contributed by atoms with van der Waals surface area (Å²) in [6, 6.07) is 14.6. The van der Waals surface area contributed by atoms with Crippen LogP contribution in [0, 0.1) is 0 Å². The predicted octanol–water partition coefficient (Wildman–Crippen LogP) is 4.90. The quantitative estimate of drug-likeness (QED) is 0.427. The molecular formula is C18H17Cl2NO3S. The highest BCUT2D eigenvalue weighted by Crippen LogP contribution is 2.31. The summed E-state index contributed by atoms with van der Waals surface area (Å²) in [6.45, 7) is 1.42. The highest BCUT2D eigenvalue weighted by molar-refractivity contribution is 7.98. The lowest BCUT2D eigenvalue weighted by atomic mass is 10.1. The van der Waals surface area contributed by atoms with Gasteiger partial charge in [-0.05, 0) is 36.8 Å². The van der Waals surface area contributed by atoms with E-state index in [0.717, 1.165) is 10.5 Å². The summed E-state index contributed by atoms with van der Waals surface area (Å²) in [4.78, 5) is 24.5. The molecular weight excluding hydrogens is 381 g/mol. The Labute approximate surface area is 160 Å². The van der Waals surface area contributed by atoms with E-state index in [-0.39, 0.29) is 5.97 Å². The molecule has 2 aromatic carbocycles. The van der Waals surface area contributed by atoms with Crippen LogP contribution in [0.15, 0.2) is 53.4 Å². The van der Waals surface area contributed by atoms with Gasteiger partial charge in [0.1, 0.15) is 0 Å². The molecule has 0 fully saturated rings.